The third-order valence-corrected chi connectivity index (χ3v) is 2.26. The molecular formula is C10H14ClN. The maximum absolute atomic E-state index is 5.94. The van der Waals surface area contributed by atoms with Gasteiger partial charge in [-0.05, 0) is 23.6 Å². The van der Waals surface area contributed by atoms with Gasteiger partial charge in [0.15, 0.2) is 0 Å². The van der Waals surface area contributed by atoms with Gasteiger partial charge >= 0.3 is 0 Å². The van der Waals surface area contributed by atoms with E-state index in [1.54, 1.807) is 0 Å². The minimum absolute atomic E-state index is 0.550. The predicted octanol–water partition coefficient (Wildman–Crippen LogP) is 3.51. The SMILES string of the molecule is CNc1cc(C(C)C)ccc1Cl. The summed E-state index contributed by atoms with van der Waals surface area (Å²) in [7, 11) is 1.88. The Hall–Kier alpha value is -0.690. The number of hydrogen-bond donors (Lipinski definition) is 1. The third-order valence-electron chi connectivity index (χ3n) is 1.93. The molecule has 0 spiro atoms. The van der Waals surface area contributed by atoms with Crippen molar-refractivity contribution < 1.29 is 0 Å². The number of hydrogen-bond acceptors (Lipinski definition) is 1. The Labute approximate surface area is 78.7 Å². The van der Waals surface area contributed by atoms with Gasteiger partial charge in [0.25, 0.3) is 0 Å². The third kappa shape index (κ3) is 1.92. The fraction of sp³-hybridized carbons (Fsp3) is 0.400. The molecule has 0 aliphatic carbocycles. The van der Waals surface area contributed by atoms with E-state index in [4.69, 9.17) is 11.6 Å². The van der Waals surface area contributed by atoms with E-state index in [2.05, 4.69) is 31.3 Å². The van der Waals surface area contributed by atoms with Crippen LogP contribution in [-0.2, 0) is 0 Å². The first-order chi connectivity index (χ1) is 5.65. The zero-order valence-corrected chi connectivity index (χ0v) is 8.44. The quantitative estimate of drug-likeness (QED) is 0.740. The highest BCUT2D eigenvalue weighted by Crippen LogP contribution is 2.25. The standard InChI is InChI=1S/C10H14ClN/c1-7(2)8-4-5-9(11)10(6-8)12-3/h4-7,12H,1-3H3. The van der Waals surface area contributed by atoms with Crippen molar-refractivity contribution in [3.8, 4) is 0 Å². The van der Waals surface area contributed by atoms with Gasteiger partial charge in [0, 0.05) is 7.05 Å². The topological polar surface area (TPSA) is 12.0 Å². The Morgan fingerprint density at radius 2 is 2.00 bits per heavy atom. The van der Waals surface area contributed by atoms with Crippen LogP contribution in [0.3, 0.4) is 0 Å². The number of benzene rings is 1. The average Bonchev–Trinajstić information content (AvgIpc) is 2.05. The normalized spacial score (nSPS) is 10.4. The molecule has 0 saturated heterocycles. The molecular weight excluding hydrogens is 170 g/mol. The van der Waals surface area contributed by atoms with E-state index in [1.165, 1.54) is 5.56 Å². The van der Waals surface area contributed by atoms with Gasteiger partial charge in [-0.3, -0.25) is 0 Å². The summed E-state index contributed by atoms with van der Waals surface area (Å²) in [4.78, 5) is 0. The molecule has 0 amide bonds. The molecule has 1 N–H and O–H groups in total. The lowest BCUT2D eigenvalue weighted by Gasteiger charge is -2.09. The van der Waals surface area contributed by atoms with Crippen molar-refractivity contribution in [3.63, 3.8) is 0 Å². The molecule has 0 radical (unpaired) electrons. The molecule has 0 aliphatic rings. The molecule has 0 atom stereocenters. The molecule has 0 fully saturated rings. The highest BCUT2D eigenvalue weighted by Gasteiger charge is 2.02. The largest absolute Gasteiger partial charge is 0.387 e. The van der Waals surface area contributed by atoms with Crippen LogP contribution in [0.1, 0.15) is 25.3 Å². The Morgan fingerprint density at radius 3 is 2.50 bits per heavy atom. The van der Waals surface area contributed by atoms with Crippen molar-refractivity contribution in [2.45, 2.75) is 19.8 Å². The van der Waals surface area contributed by atoms with Crippen LogP contribution in [0.5, 0.6) is 0 Å². The van der Waals surface area contributed by atoms with Crippen LogP contribution < -0.4 is 5.32 Å². The molecule has 1 nitrogen and oxygen atoms in total. The summed E-state index contributed by atoms with van der Waals surface area (Å²) < 4.78 is 0. The van der Waals surface area contributed by atoms with Crippen LogP contribution >= 0.6 is 11.6 Å². The maximum Gasteiger partial charge on any atom is 0.0637 e. The summed E-state index contributed by atoms with van der Waals surface area (Å²) in [5.74, 6) is 0.550. The van der Waals surface area contributed by atoms with Crippen molar-refractivity contribution in [2.24, 2.45) is 0 Å². The van der Waals surface area contributed by atoms with Gasteiger partial charge < -0.3 is 5.32 Å². The zero-order chi connectivity index (χ0) is 9.14. The van der Waals surface area contributed by atoms with Gasteiger partial charge in [0.05, 0.1) is 10.7 Å². The van der Waals surface area contributed by atoms with Crippen molar-refractivity contribution in [3.05, 3.63) is 28.8 Å². The van der Waals surface area contributed by atoms with E-state index in [9.17, 15) is 0 Å². The van der Waals surface area contributed by atoms with Crippen molar-refractivity contribution >= 4 is 17.3 Å². The lowest BCUT2D eigenvalue weighted by atomic mass is 10.0. The molecule has 12 heavy (non-hydrogen) atoms. The average molecular weight is 184 g/mol. The Balaban J connectivity index is 3.05. The fourth-order valence-electron chi connectivity index (χ4n) is 1.09. The van der Waals surface area contributed by atoms with Crippen LogP contribution in [0.25, 0.3) is 0 Å². The van der Waals surface area contributed by atoms with Crippen LogP contribution in [0, 0.1) is 0 Å². The predicted molar refractivity (Wildman–Crippen MR) is 55.1 cm³/mol. The summed E-state index contributed by atoms with van der Waals surface area (Å²) in [6, 6.07) is 6.09. The van der Waals surface area contributed by atoms with Crippen LogP contribution in [0.2, 0.25) is 5.02 Å². The van der Waals surface area contributed by atoms with E-state index < -0.39 is 0 Å². The fourth-order valence-corrected chi connectivity index (χ4v) is 1.31. The lowest BCUT2D eigenvalue weighted by molar-refractivity contribution is 0.867. The van der Waals surface area contributed by atoms with E-state index >= 15 is 0 Å². The van der Waals surface area contributed by atoms with Crippen molar-refractivity contribution in [2.75, 3.05) is 12.4 Å². The second-order valence-corrected chi connectivity index (χ2v) is 3.55. The maximum atomic E-state index is 5.94. The number of halogens is 1. The lowest BCUT2D eigenvalue weighted by Crippen LogP contribution is -1.93. The Kier molecular flexibility index (Phi) is 2.99. The van der Waals surface area contributed by atoms with Crippen molar-refractivity contribution in [1.29, 1.82) is 0 Å². The summed E-state index contributed by atoms with van der Waals surface area (Å²) >= 11 is 5.94. The molecule has 1 aromatic rings. The minimum Gasteiger partial charge on any atom is -0.387 e. The second-order valence-electron chi connectivity index (χ2n) is 3.14. The molecule has 2 heteroatoms. The van der Waals surface area contributed by atoms with E-state index in [0.29, 0.717) is 5.92 Å². The van der Waals surface area contributed by atoms with Crippen LogP contribution in [0.4, 0.5) is 5.69 Å². The molecule has 0 heterocycles. The molecule has 1 rings (SSSR count). The molecule has 1 aromatic carbocycles. The summed E-state index contributed by atoms with van der Waals surface area (Å²) in [5, 5.41) is 3.84. The number of rotatable bonds is 2. The van der Waals surface area contributed by atoms with Gasteiger partial charge in [-0.25, -0.2) is 0 Å². The molecule has 0 bridgehead atoms. The summed E-state index contributed by atoms with van der Waals surface area (Å²) in [5.41, 5.74) is 2.31. The van der Waals surface area contributed by atoms with Gasteiger partial charge in [-0.1, -0.05) is 31.5 Å². The van der Waals surface area contributed by atoms with Gasteiger partial charge in [0.1, 0.15) is 0 Å². The van der Waals surface area contributed by atoms with E-state index in [1.807, 2.05) is 13.1 Å². The molecule has 0 aromatic heterocycles. The minimum atomic E-state index is 0.550. The van der Waals surface area contributed by atoms with E-state index in [0.717, 1.165) is 10.7 Å². The van der Waals surface area contributed by atoms with E-state index in [-0.39, 0.29) is 0 Å². The summed E-state index contributed by atoms with van der Waals surface area (Å²) in [6.07, 6.45) is 0. The van der Waals surface area contributed by atoms with Gasteiger partial charge in [-0.2, -0.15) is 0 Å². The highest BCUT2D eigenvalue weighted by atomic mass is 35.5. The highest BCUT2D eigenvalue weighted by molar-refractivity contribution is 6.33. The van der Waals surface area contributed by atoms with Gasteiger partial charge in [0.2, 0.25) is 0 Å². The van der Waals surface area contributed by atoms with Gasteiger partial charge in [-0.15, -0.1) is 0 Å². The molecule has 0 saturated carbocycles. The number of nitrogens with one attached hydrogen (secondary N) is 1. The molecule has 66 valence electrons. The molecule has 0 aliphatic heterocycles. The van der Waals surface area contributed by atoms with Crippen molar-refractivity contribution in [1.82, 2.24) is 0 Å². The Bertz CT molecular complexity index is 269. The summed E-state index contributed by atoms with van der Waals surface area (Å²) in [6.45, 7) is 4.34. The first-order valence-electron chi connectivity index (χ1n) is 4.12. The van der Waals surface area contributed by atoms with Crippen LogP contribution in [-0.4, -0.2) is 7.05 Å². The zero-order valence-electron chi connectivity index (χ0n) is 7.69. The number of anilines is 1. The smallest absolute Gasteiger partial charge is 0.0637 e. The molecule has 0 unspecified atom stereocenters. The van der Waals surface area contributed by atoms with Crippen LogP contribution in [0.15, 0.2) is 18.2 Å². The first kappa shape index (κ1) is 9.40. The first-order valence-corrected chi connectivity index (χ1v) is 4.50. The monoisotopic (exact) mass is 183 g/mol. The Morgan fingerprint density at radius 1 is 1.33 bits per heavy atom. The second kappa shape index (κ2) is 3.81.